The standard InChI is InChI=1S/C18H21ClN4OS2/c1-11-16(25-12(2)20-11)17(24)23(9-5-8-22(3)4)18-21-14-7-6-13(19)10-15(14)26-18/h6-7,10H,5,8-9H2,1-4H3. The van der Waals surface area contributed by atoms with Gasteiger partial charge in [0.2, 0.25) is 0 Å². The number of aromatic nitrogens is 2. The van der Waals surface area contributed by atoms with Gasteiger partial charge < -0.3 is 4.90 Å². The number of thiazole rings is 2. The van der Waals surface area contributed by atoms with Crippen LogP contribution in [0.15, 0.2) is 18.2 Å². The molecule has 0 spiro atoms. The summed E-state index contributed by atoms with van der Waals surface area (Å²) in [5, 5.41) is 2.28. The first-order valence-corrected chi connectivity index (χ1v) is 10.3. The van der Waals surface area contributed by atoms with Gasteiger partial charge in [-0.05, 0) is 59.1 Å². The highest BCUT2D eigenvalue weighted by Crippen LogP contribution is 2.32. The highest BCUT2D eigenvalue weighted by atomic mass is 35.5. The second kappa shape index (κ2) is 8.00. The SMILES string of the molecule is Cc1nc(C)c(C(=O)N(CCCN(C)C)c2nc3ccc(Cl)cc3s2)s1. The number of aryl methyl sites for hydroxylation is 2. The molecule has 0 bridgehead atoms. The number of halogens is 1. The van der Waals surface area contributed by atoms with Crippen LogP contribution in [0.1, 0.15) is 26.8 Å². The van der Waals surface area contributed by atoms with Crippen LogP contribution in [-0.4, -0.2) is 48.0 Å². The van der Waals surface area contributed by atoms with Crippen molar-refractivity contribution < 1.29 is 4.79 Å². The number of fused-ring (bicyclic) bond motifs is 1. The van der Waals surface area contributed by atoms with Crippen LogP contribution < -0.4 is 4.90 Å². The van der Waals surface area contributed by atoms with Crippen LogP contribution >= 0.6 is 34.3 Å². The number of rotatable bonds is 6. The predicted molar refractivity (Wildman–Crippen MR) is 111 cm³/mol. The van der Waals surface area contributed by atoms with Crippen LogP contribution in [0, 0.1) is 13.8 Å². The van der Waals surface area contributed by atoms with E-state index in [0.29, 0.717) is 21.6 Å². The molecule has 0 atom stereocenters. The molecule has 0 aliphatic rings. The fourth-order valence-corrected chi connectivity index (χ4v) is 4.82. The third-order valence-electron chi connectivity index (χ3n) is 3.90. The van der Waals surface area contributed by atoms with Gasteiger partial charge in [-0.2, -0.15) is 0 Å². The Hall–Kier alpha value is -1.54. The lowest BCUT2D eigenvalue weighted by Gasteiger charge is -2.20. The summed E-state index contributed by atoms with van der Waals surface area (Å²) in [7, 11) is 4.06. The molecule has 5 nitrogen and oxygen atoms in total. The summed E-state index contributed by atoms with van der Waals surface area (Å²) < 4.78 is 0.982. The number of hydrogen-bond donors (Lipinski definition) is 0. The molecule has 0 radical (unpaired) electrons. The minimum Gasteiger partial charge on any atom is -0.309 e. The molecule has 0 aliphatic carbocycles. The van der Waals surface area contributed by atoms with Crippen molar-refractivity contribution in [1.29, 1.82) is 0 Å². The van der Waals surface area contributed by atoms with E-state index >= 15 is 0 Å². The van der Waals surface area contributed by atoms with Crippen LogP contribution in [0.25, 0.3) is 10.2 Å². The van der Waals surface area contributed by atoms with Crippen molar-refractivity contribution in [3.63, 3.8) is 0 Å². The van der Waals surface area contributed by atoms with Crippen LogP contribution in [-0.2, 0) is 0 Å². The van der Waals surface area contributed by atoms with Crippen LogP contribution in [0.4, 0.5) is 5.13 Å². The van der Waals surface area contributed by atoms with E-state index in [1.54, 1.807) is 4.90 Å². The quantitative estimate of drug-likeness (QED) is 0.597. The fraction of sp³-hybridized carbons (Fsp3) is 0.389. The number of nitrogens with zero attached hydrogens (tertiary/aromatic N) is 4. The molecule has 2 aromatic heterocycles. The van der Waals surface area contributed by atoms with E-state index < -0.39 is 0 Å². The fourth-order valence-electron chi connectivity index (χ4n) is 2.68. The van der Waals surface area contributed by atoms with E-state index in [9.17, 15) is 4.79 Å². The van der Waals surface area contributed by atoms with Crippen molar-refractivity contribution in [3.8, 4) is 0 Å². The number of amides is 1. The number of hydrogen-bond acceptors (Lipinski definition) is 6. The average Bonchev–Trinajstić information content (AvgIpc) is 3.12. The molecule has 2 heterocycles. The van der Waals surface area contributed by atoms with Gasteiger partial charge in [0.25, 0.3) is 5.91 Å². The Bertz CT molecular complexity index is 935. The van der Waals surface area contributed by atoms with Gasteiger partial charge in [0.15, 0.2) is 5.13 Å². The highest BCUT2D eigenvalue weighted by Gasteiger charge is 2.24. The van der Waals surface area contributed by atoms with E-state index in [0.717, 1.165) is 33.9 Å². The molecule has 0 fully saturated rings. The van der Waals surface area contributed by atoms with Crippen LogP contribution in [0.5, 0.6) is 0 Å². The minimum atomic E-state index is -0.0305. The van der Waals surface area contributed by atoms with E-state index in [-0.39, 0.29) is 5.91 Å². The van der Waals surface area contributed by atoms with E-state index in [1.165, 1.54) is 22.7 Å². The molecule has 0 saturated heterocycles. The molecule has 26 heavy (non-hydrogen) atoms. The van der Waals surface area contributed by atoms with Gasteiger partial charge in [-0.15, -0.1) is 11.3 Å². The first-order valence-electron chi connectivity index (χ1n) is 8.32. The average molecular weight is 409 g/mol. The van der Waals surface area contributed by atoms with Crippen molar-refractivity contribution in [2.75, 3.05) is 32.1 Å². The van der Waals surface area contributed by atoms with Gasteiger partial charge in [0, 0.05) is 11.6 Å². The molecule has 3 aromatic rings. The monoisotopic (exact) mass is 408 g/mol. The zero-order chi connectivity index (χ0) is 18.8. The van der Waals surface area contributed by atoms with Gasteiger partial charge in [-0.3, -0.25) is 9.69 Å². The van der Waals surface area contributed by atoms with Gasteiger partial charge in [-0.1, -0.05) is 22.9 Å². The van der Waals surface area contributed by atoms with E-state index in [4.69, 9.17) is 11.6 Å². The molecule has 138 valence electrons. The molecule has 8 heteroatoms. The van der Waals surface area contributed by atoms with Crippen molar-refractivity contribution in [2.45, 2.75) is 20.3 Å². The predicted octanol–water partition coefficient (Wildman–Crippen LogP) is 4.62. The number of carbonyl (C=O) groups excluding carboxylic acids is 1. The van der Waals surface area contributed by atoms with Crippen molar-refractivity contribution in [3.05, 3.63) is 38.8 Å². The van der Waals surface area contributed by atoms with Gasteiger partial charge in [-0.25, -0.2) is 9.97 Å². The summed E-state index contributed by atoms with van der Waals surface area (Å²) in [6, 6.07) is 5.60. The third kappa shape index (κ3) is 4.23. The molecule has 0 saturated carbocycles. The van der Waals surface area contributed by atoms with E-state index in [1.807, 2.05) is 46.1 Å². The number of carbonyl (C=O) groups is 1. The molecular formula is C18H21ClN4OS2. The largest absolute Gasteiger partial charge is 0.309 e. The van der Waals surface area contributed by atoms with E-state index in [2.05, 4.69) is 14.9 Å². The first-order chi connectivity index (χ1) is 12.3. The van der Waals surface area contributed by atoms with Gasteiger partial charge >= 0.3 is 0 Å². The molecule has 3 rings (SSSR count). The Kier molecular flexibility index (Phi) is 5.92. The summed E-state index contributed by atoms with van der Waals surface area (Å²) in [6.45, 7) is 5.32. The summed E-state index contributed by atoms with van der Waals surface area (Å²) in [4.78, 5) is 26.9. The Morgan fingerprint density at radius 3 is 2.58 bits per heavy atom. The van der Waals surface area contributed by atoms with Crippen molar-refractivity contribution in [1.82, 2.24) is 14.9 Å². The second-order valence-electron chi connectivity index (χ2n) is 6.37. The molecule has 0 unspecified atom stereocenters. The highest BCUT2D eigenvalue weighted by molar-refractivity contribution is 7.22. The number of anilines is 1. The normalized spacial score (nSPS) is 11.5. The zero-order valence-corrected chi connectivity index (χ0v) is 17.6. The maximum atomic E-state index is 13.2. The minimum absolute atomic E-state index is 0.0305. The summed E-state index contributed by atoms with van der Waals surface area (Å²) in [6.07, 6.45) is 0.867. The lowest BCUT2D eigenvalue weighted by atomic mass is 10.3. The lowest BCUT2D eigenvalue weighted by molar-refractivity contribution is 0.0989. The van der Waals surface area contributed by atoms with Crippen molar-refractivity contribution in [2.24, 2.45) is 0 Å². The van der Waals surface area contributed by atoms with Gasteiger partial charge in [0.05, 0.1) is 20.9 Å². The summed E-state index contributed by atoms with van der Waals surface area (Å²) in [5.74, 6) is -0.0305. The second-order valence-corrected chi connectivity index (χ2v) is 9.02. The maximum Gasteiger partial charge on any atom is 0.272 e. The number of benzene rings is 1. The third-order valence-corrected chi connectivity index (χ3v) is 6.24. The Morgan fingerprint density at radius 1 is 1.15 bits per heavy atom. The molecule has 0 N–H and O–H groups in total. The van der Waals surface area contributed by atoms with Crippen LogP contribution in [0.3, 0.4) is 0 Å². The molecule has 0 aliphatic heterocycles. The molecular weight excluding hydrogens is 388 g/mol. The smallest absolute Gasteiger partial charge is 0.272 e. The summed E-state index contributed by atoms with van der Waals surface area (Å²) in [5.41, 5.74) is 1.64. The topological polar surface area (TPSA) is 49.3 Å². The first kappa shape index (κ1) is 19.2. The Morgan fingerprint density at radius 2 is 1.92 bits per heavy atom. The molecule has 1 amide bonds. The van der Waals surface area contributed by atoms with Crippen molar-refractivity contribution >= 4 is 55.5 Å². The zero-order valence-electron chi connectivity index (χ0n) is 15.2. The maximum absolute atomic E-state index is 13.2. The van der Waals surface area contributed by atoms with Crippen LogP contribution in [0.2, 0.25) is 5.02 Å². The van der Waals surface area contributed by atoms with Gasteiger partial charge in [0.1, 0.15) is 4.88 Å². The lowest BCUT2D eigenvalue weighted by Crippen LogP contribution is -2.33. The Balaban J connectivity index is 1.95. The summed E-state index contributed by atoms with van der Waals surface area (Å²) >= 11 is 9.03. The Labute approximate surface area is 166 Å². The molecule has 1 aromatic carbocycles.